The number of carbonyl (C=O) groups is 2. The van der Waals surface area contributed by atoms with Crippen molar-refractivity contribution in [2.24, 2.45) is 4.99 Å². The van der Waals surface area contributed by atoms with E-state index in [1.165, 1.54) is 11.8 Å². The highest BCUT2D eigenvalue weighted by molar-refractivity contribution is 8.18. The molecule has 2 aliphatic rings. The lowest BCUT2D eigenvalue weighted by molar-refractivity contribution is -0.143. The van der Waals surface area contributed by atoms with E-state index >= 15 is 0 Å². The number of nitrogens with zero attached hydrogens (tertiary/aromatic N) is 2. The molecule has 0 bridgehead atoms. The molecule has 0 aromatic heterocycles. The van der Waals surface area contributed by atoms with Gasteiger partial charge in [0.05, 0.1) is 18.9 Å². The monoisotopic (exact) mass is 499 g/mol. The van der Waals surface area contributed by atoms with Crippen LogP contribution in [0.25, 0.3) is 0 Å². The first-order valence-electron chi connectivity index (χ1n) is 10.5. The Hall–Kier alpha value is -1.68. The Balaban J connectivity index is 0.00000363. The number of amides is 1. The lowest BCUT2D eigenvalue weighted by Gasteiger charge is -2.24. The number of ether oxygens (including phenoxy) is 2. The van der Waals surface area contributed by atoms with Crippen LogP contribution in [0.4, 0.5) is 5.69 Å². The van der Waals surface area contributed by atoms with Gasteiger partial charge in [-0.05, 0) is 68.0 Å². The van der Waals surface area contributed by atoms with Crippen LogP contribution in [0.5, 0.6) is 0 Å². The maximum atomic E-state index is 12.9. The van der Waals surface area contributed by atoms with Gasteiger partial charge in [0.25, 0.3) is 5.91 Å². The fourth-order valence-electron chi connectivity index (χ4n) is 3.27. The molecule has 7 nitrogen and oxygen atoms in total. The number of thioether (sulfide) groups is 2. The molecule has 0 spiro atoms. The summed E-state index contributed by atoms with van der Waals surface area (Å²) in [6.45, 7) is 4.32. The zero-order valence-corrected chi connectivity index (χ0v) is 20.9. The molecule has 1 N–H and O–H groups in total. The predicted molar refractivity (Wildman–Crippen MR) is 134 cm³/mol. The van der Waals surface area contributed by atoms with Crippen molar-refractivity contribution in [3.05, 3.63) is 34.9 Å². The minimum Gasteiger partial charge on any atom is -0.466 e. The summed E-state index contributed by atoms with van der Waals surface area (Å²) in [4.78, 5) is 32.7. The van der Waals surface area contributed by atoms with Gasteiger partial charge >= 0.3 is 5.97 Å². The highest BCUT2D eigenvalue weighted by Crippen LogP contribution is 2.37. The third-order valence-electron chi connectivity index (χ3n) is 4.75. The number of fused-ring (bicyclic) bond motifs is 1. The van der Waals surface area contributed by atoms with E-state index in [0.29, 0.717) is 24.5 Å². The van der Waals surface area contributed by atoms with E-state index in [1.807, 2.05) is 31.2 Å². The van der Waals surface area contributed by atoms with Gasteiger partial charge in [-0.2, -0.15) is 0 Å². The van der Waals surface area contributed by atoms with E-state index in [1.54, 1.807) is 18.9 Å². The van der Waals surface area contributed by atoms with Gasteiger partial charge < -0.3 is 19.7 Å². The summed E-state index contributed by atoms with van der Waals surface area (Å²) < 4.78 is 10.3. The number of unbranched alkanes of at least 4 members (excludes halogenated alkanes) is 1. The summed E-state index contributed by atoms with van der Waals surface area (Å²) in [6, 6.07) is 7.84. The van der Waals surface area contributed by atoms with E-state index in [0.717, 1.165) is 59.6 Å². The van der Waals surface area contributed by atoms with Crippen LogP contribution in [-0.4, -0.2) is 61.1 Å². The van der Waals surface area contributed by atoms with Crippen molar-refractivity contribution in [2.45, 2.75) is 37.5 Å². The van der Waals surface area contributed by atoms with Crippen molar-refractivity contribution in [3.63, 3.8) is 0 Å². The Bertz CT molecular complexity index is 846. The smallest absolute Gasteiger partial charge is 0.305 e. The average Bonchev–Trinajstić information content (AvgIpc) is 3.14. The second-order valence-corrected chi connectivity index (χ2v) is 9.22. The number of aliphatic imine (C=N–C) groups is 1. The van der Waals surface area contributed by atoms with Gasteiger partial charge in [0.1, 0.15) is 4.91 Å². The summed E-state index contributed by atoms with van der Waals surface area (Å²) in [5.74, 6) is 0.681. The highest BCUT2D eigenvalue weighted by Gasteiger charge is 2.34. The van der Waals surface area contributed by atoms with E-state index < -0.39 is 0 Å². The van der Waals surface area contributed by atoms with Crippen LogP contribution < -0.4 is 5.32 Å². The first-order chi connectivity index (χ1) is 15.1. The fraction of sp³-hybridized carbons (Fsp3) is 0.500. The number of hydrogen-bond donors (Lipinski definition) is 1. The summed E-state index contributed by atoms with van der Waals surface area (Å²) >= 11 is 3.16. The molecule has 10 heteroatoms. The number of halogens is 1. The standard InChI is InChI=1S/C22H29N3O4S2.ClH/c1-3-29-19(26)7-4-5-14-30-17-10-8-16(9-11-17)24-21(27)20-18(15-28-2)25-13-6-12-23-22(25)31-20;/h8-11H,3-7,12-15H2,1-2H3,(H,24,27);1H. The predicted octanol–water partition coefficient (Wildman–Crippen LogP) is 4.54. The van der Waals surface area contributed by atoms with Gasteiger partial charge in [-0.3, -0.25) is 14.6 Å². The van der Waals surface area contributed by atoms with Gasteiger partial charge in [-0.1, -0.05) is 0 Å². The molecular weight excluding hydrogens is 470 g/mol. The molecule has 176 valence electrons. The number of nitrogens with one attached hydrogen (secondary N) is 1. The summed E-state index contributed by atoms with van der Waals surface area (Å²) in [6.07, 6.45) is 3.24. The lowest BCUT2D eigenvalue weighted by Crippen LogP contribution is -2.31. The van der Waals surface area contributed by atoms with Crippen molar-refractivity contribution in [1.29, 1.82) is 0 Å². The highest BCUT2D eigenvalue weighted by atomic mass is 35.5. The Morgan fingerprint density at radius 1 is 1.25 bits per heavy atom. The quantitative estimate of drug-likeness (QED) is 0.272. The Kier molecular flexibility index (Phi) is 11.4. The summed E-state index contributed by atoms with van der Waals surface area (Å²) in [5.41, 5.74) is 1.65. The van der Waals surface area contributed by atoms with Crippen molar-refractivity contribution in [3.8, 4) is 0 Å². The first-order valence-corrected chi connectivity index (χ1v) is 12.3. The molecule has 2 heterocycles. The topological polar surface area (TPSA) is 80.2 Å². The molecule has 0 unspecified atom stereocenters. The average molecular weight is 500 g/mol. The molecule has 2 aliphatic heterocycles. The zero-order chi connectivity index (χ0) is 22.1. The maximum Gasteiger partial charge on any atom is 0.305 e. The number of esters is 1. The third-order valence-corrected chi connectivity index (χ3v) is 7.00. The molecule has 1 aromatic rings. The number of rotatable bonds is 11. The van der Waals surface area contributed by atoms with Crippen LogP contribution in [0, 0.1) is 0 Å². The minimum absolute atomic E-state index is 0. The van der Waals surface area contributed by atoms with E-state index in [4.69, 9.17) is 9.47 Å². The maximum absolute atomic E-state index is 12.9. The Morgan fingerprint density at radius 3 is 2.75 bits per heavy atom. The van der Waals surface area contributed by atoms with Crippen molar-refractivity contribution >= 4 is 58.7 Å². The normalized spacial score (nSPS) is 15.1. The SMILES string of the molecule is CCOC(=O)CCCCSc1ccc(NC(=O)C2=C(COC)N3CCCN=C3S2)cc1.Cl. The number of methoxy groups -OCH3 is 1. The van der Waals surface area contributed by atoms with E-state index in [2.05, 4.69) is 15.2 Å². The second-order valence-electron chi connectivity index (χ2n) is 7.07. The van der Waals surface area contributed by atoms with Gasteiger partial charge in [0.2, 0.25) is 0 Å². The molecule has 3 rings (SSSR count). The van der Waals surface area contributed by atoms with Gasteiger partial charge in [0.15, 0.2) is 5.17 Å². The number of carbonyl (C=O) groups excluding carboxylic acids is 2. The minimum atomic E-state index is -0.131. The summed E-state index contributed by atoms with van der Waals surface area (Å²) in [7, 11) is 1.64. The number of amidine groups is 1. The molecule has 0 saturated heterocycles. The van der Waals surface area contributed by atoms with Gasteiger partial charge in [-0.15, -0.1) is 24.2 Å². The van der Waals surface area contributed by atoms with Crippen LogP contribution in [0.2, 0.25) is 0 Å². The number of anilines is 1. The molecule has 1 amide bonds. The third kappa shape index (κ3) is 7.43. The van der Waals surface area contributed by atoms with Crippen LogP contribution in [0.3, 0.4) is 0 Å². The second kappa shape index (κ2) is 13.8. The van der Waals surface area contributed by atoms with Crippen LogP contribution in [0.15, 0.2) is 44.8 Å². The van der Waals surface area contributed by atoms with Gasteiger partial charge in [-0.25, -0.2) is 0 Å². The Labute approximate surface area is 204 Å². The Morgan fingerprint density at radius 2 is 2.03 bits per heavy atom. The first kappa shape index (κ1) is 26.6. The summed E-state index contributed by atoms with van der Waals surface area (Å²) in [5, 5.41) is 3.88. The molecular formula is C22H30ClN3O4S2. The molecule has 0 saturated carbocycles. The fourth-order valence-corrected chi connectivity index (χ4v) is 5.26. The lowest BCUT2D eigenvalue weighted by atomic mass is 10.2. The molecule has 0 aliphatic carbocycles. The van der Waals surface area contributed by atoms with Gasteiger partial charge in [0, 0.05) is 37.2 Å². The van der Waals surface area contributed by atoms with Crippen LogP contribution >= 0.6 is 35.9 Å². The molecule has 0 radical (unpaired) electrons. The molecule has 32 heavy (non-hydrogen) atoms. The number of benzene rings is 1. The molecule has 1 aromatic carbocycles. The largest absolute Gasteiger partial charge is 0.466 e. The van der Waals surface area contributed by atoms with Crippen molar-refractivity contribution < 1.29 is 19.1 Å². The van der Waals surface area contributed by atoms with Crippen LogP contribution in [0.1, 0.15) is 32.6 Å². The van der Waals surface area contributed by atoms with Crippen molar-refractivity contribution in [2.75, 3.05) is 44.5 Å². The van der Waals surface area contributed by atoms with Crippen LogP contribution in [-0.2, 0) is 19.1 Å². The molecule has 0 atom stereocenters. The number of hydrogen-bond acceptors (Lipinski definition) is 8. The molecule has 0 fully saturated rings. The van der Waals surface area contributed by atoms with E-state index in [-0.39, 0.29) is 24.3 Å². The van der Waals surface area contributed by atoms with Crippen molar-refractivity contribution in [1.82, 2.24) is 4.90 Å². The zero-order valence-electron chi connectivity index (χ0n) is 18.4. The van der Waals surface area contributed by atoms with E-state index in [9.17, 15) is 9.59 Å².